The number of fused-ring (bicyclic) bond motifs is 2. The minimum atomic E-state index is 0. The lowest BCUT2D eigenvalue weighted by Crippen LogP contribution is -2.41. The molecule has 106 valence electrons. The molecule has 3 nitrogen and oxygen atoms in total. The highest BCUT2D eigenvalue weighted by molar-refractivity contribution is 5.85. The number of rotatable bonds is 4. The maximum atomic E-state index is 12.2. The maximum Gasteiger partial charge on any atom is 0.222 e. The lowest BCUT2D eigenvalue weighted by atomic mass is 9.89. The van der Waals surface area contributed by atoms with Crippen LogP contribution < -0.4 is 5.32 Å². The van der Waals surface area contributed by atoms with Crippen LogP contribution in [0.3, 0.4) is 0 Å². The van der Waals surface area contributed by atoms with Crippen molar-refractivity contribution in [2.75, 3.05) is 7.05 Å². The van der Waals surface area contributed by atoms with Crippen LogP contribution in [0.25, 0.3) is 0 Å². The summed E-state index contributed by atoms with van der Waals surface area (Å²) in [6.07, 6.45) is 6.84. The standard InChI is InChI=1S/C14H26N2O.ClH/c1-4-10(2)16(3)14(17)9-11-7-12-5-6-13(8-11)15-12;/h10-13,15H,4-9H2,1-3H3;1H. The summed E-state index contributed by atoms with van der Waals surface area (Å²) in [6.45, 7) is 4.27. The lowest BCUT2D eigenvalue weighted by molar-refractivity contribution is -0.133. The molecule has 2 aliphatic heterocycles. The molecule has 18 heavy (non-hydrogen) atoms. The van der Waals surface area contributed by atoms with E-state index in [-0.39, 0.29) is 12.4 Å². The highest BCUT2D eigenvalue weighted by atomic mass is 35.5. The zero-order chi connectivity index (χ0) is 12.4. The number of hydrogen-bond donors (Lipinski definition) is 1. The molecule has 2 fully saturated rings. The topological polar surface area (TPSA) is 32.3 Å². The van der Waals surface area contributed by atoms with E-state index in [2.05, 4.69) is 19.2 Å². The molecule has 0 aliphatic carbocycles. The van der Waals surface area contributed by atoms with Gasteiger partial charge in [0, 0.05) is 31.6 Å². The van der Waals surface area contributed by atoms with Gasteiger partial charge in [-0.3, -0.25) is 4.79 Å². The second-order valence-corrected chi connectivity index (χ2v) is 5.94. The Morgan fingerprint density at radius 2 is 1.89 bits per heavy atom. The van der Waals surface area contributed by atoms with E-state index in [9.17, 15) is 4.79 Å². The van der Waals surface area contributed by atoms with Crippen LogP contribution in [0.5, 0.6) is 0 Å². The Kier molecular flexibility index (Phi) is 5.93. The van der Waals surface area contributed by atoms with Crippen molar-refractivity contribution in [1.29, 1.82) is 0 Å². The molecule has 3 atom stereocenters. The third kappa shape index (κ3) is 3.61. The number of carbonyl (C=O) groups excluding carboxylic acids is 1. The van der Waals surface area contributed by atoms with Crippen LogP contribution in [0.1, 0.15) is 52.4 Å². The molecule has 0 aromatic heterocycles. The summed E-state index contributed by atoms with van der Waals surface area (Å²) < 4.78 is 0. The van der Waals surface area contributed by atoms with Gasteiger partial charge in [0.05, 0.1) is 0 Å². The van der Waals surface area contributed by atoms with Crippen LogP contribution in [0, 0.1) is 5.92 Å². The van der Waals surface area contributed by atoms with Gasteiger partial charge in [0.1, 0.15) is 0 Å². The van der Waals surface area contributed by atoms with Gasteiger partial charge in [-0.1, -0.05) is 6.92 Å². The van der Waals surface area contributed by atoms with Gasteiger partial charge in [-0.15, -0.1) is 12.4 Å². The highest BCUT2D eigenvalue weighted by Gasteiger charge is 2.34. The Labute approximate surface area is 117 Å². The van der Waals surface area contributed by atoms with Crippen LogP contribution in [0.2, 0.25) is 0 Å². The Balaban J connectivity index is 0.00000162. The van der Waals surface area contributed by atoms with Crippen LogP contribution in [-0.2, 0) is 4.79 Å². The van der Waals surface area contributed by atoms with Crippen LogP contribution in [0.4, 0.5) is 0 Å². The number of amides is 1. The van der Waals surface area contributed by atoms with Gasteiger partial charge < -0.3 is 10.2 Å². The predicted octanol–water partition coefficient (Wildman–Crippen LogP) is 2.59. The molecule has 0 aromatic rings. The average molecular weight is 275 g/mol. The van der Waals surface area contributed by atoms with Gasteiger partial charge >= 0.3 is 0 Å². The minimum Gasteiger partial charge on any atom is -0.343 e. The number of halogens is 1. The molecular weight excluding hydrogens is 248 g/mol. The van der Waals surface area contributed by atoms with Crippen LogP contribution in [0.15, 0.2) is 0 Å². The fourth-order valence-corrected chi connectivity index (χ4v) is 3.25. The number of nitrogens with zero attached hydrogens (tertiary/aromatic N) is 1. The van der Waals surface area contributed by atoms with Crippen molar-refractivity contribution in [1.82, 2.24) is 10.2 Å². The van der Waals surface area contributed by atoms with Crippen molar-refractivity contribution in [2.24, 2.45) is 5.92 Å². The smallest absolute Gasteiger partial charge is 0.222 e. The zero-order valence-corrected chi connectivity index (χ0v) is 12.6. The zero-order valence-electron chi connectivity index (χ0n) is 11.8. The second kappa shape index (κ2) is 6.76. The van der Waals surface area contributed by atoms with Crippen molar-refractivity contribution < 1.29 is 4.79 Å². The lowest BCUT2D eigenvalue weighted by Gasteiger charge is -2.31. The van der Waals surface area contributed by atoms with E-state index >= 15 is 0 Å². The molecule has 1 N–H and O–H groups in total. The summed E-state index contributed by atoms with van der Waals surface area (Å²) in [6, 6.07) is 1.77. The van der Waals surface area contributed by atoms with E-state index in [0.717, 1.165) is 12.8 Å². The monoisotopic (exact) mass is 274 g/mol. The summed E-state index contributed by atoms with van der Waals surface area (Å²) >= 11 is 0. The number of piperidine rings is 1. The summed E-state index contributed by atoms with van der Waals surface area (Å²) in [5.41, 5.74) is 0. The van der Waals surface area contributed by atoms with Gasteiger partial charge in [-0.2, -0.15) is 0 Å². The van der Waals surface area contributed by atoms with Crippen molar-refractivity contribution in [2.45, 2.75) is 70.5 Å². The molecule has 0 radical (unpaired) electrons. The van der Waals surface area contributed by atoms with Crippen molar-refractivity contribution >= 4 is 18.3 Å². The molecule has 0 aromatic carbocycles. The molecule has 2 saturated heterocycles. The van der Waals surface area contributed by atoms with Crippen LogP contribution in [-0.4, -0.2) is 36.0 Å². The SMILES string of the molecule is CCC(C)N(C)C(=O)CC1CC2CCC(C1)N2.Cl. The first-order valence-electron chi connectivity index (χ1n) is 7.11. The summed E-state index contributed by atoms with van der Waals surface area (Å²) in [4.78, 5) is 14.1. The molecule has 3 unspecified atom stereocenters. The first kappa shape index (κ1) is 15.8. The largest absolute Gasteiger partial charge is 0.343 e. The molecule has 1 amide bonds. The number of hydrogen-bond acceptors (Lipinski definition) is 2. The van der Waals surface area contributed by atoms with Gasteiger partial charge in [0.2, 0.25) is 5.91 Å². The average Bonchev–Trinajstić information content (AvgIpc) is 2.66. The van der Waals surface area contributed by atoms with E-state index in [1.807, 2.05) is 11.9 Å². The third-order valence-electron chi connectivity index (χ3n) is 4.68. The van der Waals surface area contributed by atoms with Crippen molar-refractivity contribution in [3.05, 3.63) is 0 Å². The maximum absolute atomic E-state index is 12.2. The van der Waals surface area contributed by atoms with Crippen LogP contribution >= 0.6 is 12.4 Å². The first-order valence-corrected chi connectivity index (χ1v) is 7.11. The fraction of sp³-hybridized carbons (Fsp3) is 0.929. The quantitative estimate of drug-likeness (QED) is 0.855. The Morgan fingerprint density at radius 3 is 2.39 bits per heavy atom. The molecule has 0 spiro atoms. The van der Waals surface area contributed by atoms with Crippen molar-refractivity contribution in [3.8, 4) is 0 Å². The molecule has 2 rings (SSSR count). The molecule has 2 heterocycles. The van der Waals surface area contributed by atoms with Gasteiger partial charge in [0.25, 0.3) is 0 Å². The van der Waals surface area contributed by atoms with E-state index in [1.54, 1.807) is 0 Å². The number of nitrogens with one attached hydrogen (secondary N) is 1. The van der Waals surface area contributed by atoms with E-state index < -0.39 is 0 Å². The van der Waals surface area contributed by atoms with E-state index in [1.165, 1.54) is 25.7 Å². The highest BCUT2D eigenvalue weighted by Crippen LogP contribution is 2.33. The molecule has 4 heteroatoms. The summed E-state index contributed by atoms with van der Waals surface area (Å²) in [7, 11) is 1.95. The molecule has 2 bridgehead atoms. The molecular formula is C14H27ClN2O. The van der Waals surface area contributed by atoms with Gasteiger partial charge in [-0.05, 0) is 44.9 Å². The fourth-order valence-electron chi connectivity index (χ4n) is 3.25. The summed E-state index contributed by atoms with van der Waals surface area (Å²) in [5, 5.41) is 3.63. The van der Waals surface area contributed by atoms with Crippen molar-refractivity contribution in [3.63, 3.8) is 0 Å². The second-order valence-electron chi connectivity index (χ2n) is 5.94. The number of carbonyl (C=O) groups is 1. The minimum absolute atomic E-state index is 0. The van der Waals surface area contributed by atoms with Gasteiger partial charge in [-0.25, -0.2) is 0 Å². The Hall–Kier alpha value is -0.280. The molecule has 0 saturated carbocycles. The third-order valence-corrected chi connectivity index (χ3v) is 4.68. The summed E-state index contributed by atoms with van der Waals surface area (Å²) in [5.74, 6) is 0.957. The Bertz CT molecular complexity index is 273. The predicted molar refractivity (Wildman–Crippen MR) is 77.1 cm³/mol. The van der Waals surface area contributed by atoms with E-state index in [4.69, 9.17) is 0 Å². The Morgan fingerprint density at radius 1 is 1.33 bits per heavy atom. The van der Waals surface area contributed by atoms with Gasteiger partial charge in [0.15, 0.2) is 0 Å². The van der Waals surface area contributed by atoms with E-state index in [0.29, 0.717) is 30.0 Å². The first-order chi connectivity index (χ1) is 8.10. The molecule has 2 aliphatic rings. The normalized spacial score (nSPS) is 31.6.